The quantitative estimate of drug-likeness (QED) is 0.812. The van der Waals surface area contributed by atoms with Gasteiger partial charge in [-0.05, 0) is 62.6 Å². The molecule has 2 aromatic rings. The van der Waals surface area contributed by atoms with Gasteiger partial charge in [0.2, 0.25) is 5.88 Å². The monoisotopic (exact) mass is 252 g/mol. The molecular weight excluding hydrogens is 236 g/mol. The van der Waals surface area contributed by atoms with Crippen molar-refractivity contribution in [3.05, 3.63) is 52.2 Å². The van der Waals surface area contributed by atoms with Crippen molar-refractivity contribution in [2.75, 3.05) is 0 Å². The van der Waals surface area contributed by atoms with Crippen LogP contribution in [0.5, 0.6) is 11.6 Å². The van der Waals surface area contributed by atoms with Gasteiger partial charge >= 0.3 is 0 Å². The predicted octanol–water partition coefficient (Wildman–Crippen LogP) is 3.98. The van der Waals surface area contributed by atoms with Crippen LogP contribution in [0.1, 0.15) is 27.9 Å². The highest BCUT2D eigenvalue weighted by Crippen LogP contribution is 2.27. The second-order valence-electron chi connectivity index (χ2n) is 4.72. The van der Waals surface area contributed by atoms with Gasteiger partial charge in [-0.2, -0.15) is 5.26 Å². The summed E-state index contributed by atoms with van der Waals surface area (Å²) in [6, 6.07) is 9.88. The summed E-state index contributed by atoms with van der Waals surface area (Å²) in [6.07, 6.45) is 0. The molecule has 0 aliphatic carbocycles. The van der Waals surface area contributed by atoms with Crippen LogP contribution in [0.15, 0.2) is 24.3 Å². The Morgan fingerprint density at radius 1 is 1.00 bits per heavy atom. The molecule has 0 radical (unpaired) electrons. The van der Waals surface area contributed by atoms with E-state index in [1.165, 1.54) is 5.56 Å². The molecule has 3 heteroatoms. The average Bonchev–Trinajstić information content (AvgIpc) is 2.33. The van der Waals surface area contributed by atoms with Crippen molar-refractivity contribution < 1.29 is 4.74 Å². The summed E-state index contributed by atoms with van der Waals surface area (Å²) >= 11 is 0. The molecule has 0 amide bonds. The Labute approximate surface area is 113 Å². The fourth-order valence-electron chi connectivity index (χ4n) is 1.90. The first kappa shape index (κ1) is 13.1. The van der Waals surface area contributed by atoms with E-state index in [1.807, 2.05) is 45.0 Å². The van der Waals surface area contributed by atoms with Gasteiger partial charge in [0, 0.05) is 5.69 Å². The highest BCUT2D eigenvalue weighted by Gasteiger charge is 2.11. The van der Waals surface area contributed by atoms with Gasteiger partial charge in [-0.1, -0.05) is 6.07 Å². The van der Waals surface area contributed by atoms with Crippen LogP contribution in [0.4, 0.5) is 0 Å². The van der Waals surface area contributed by atoms with E-state index < -0.39 is 0 Å². The van der Waals surface area contributed by atoms with Crippen LogP contribution < -0.4 is 4.74 Å². The number of hydrogen-bond acceptors (Lipinski definition) is 3. The minimum atomic E-state index is 0.378. The molecule has 0 N–H and O–H groups in total. The molecule has 1 heterocycles. The number of nitriles is 1. The number of nitrogens with zero attached hydrogens (tertiary/aromatic N) is 2. The van der Waals surface area contributed by atoms with Gasteiger partial charge < -0.3 is 4.74 Å². The van der Waals surface area contributed by atoms with Crippen LogP contribution in [0.3, 0.4) is 0 Å². The third-order valence-electron chi connectivity index (χ3n) is 3.12. The summed E-state index contributed by atoms with van der Waals surface area (Å²) in [5, 5.41) is 9.20. The van der Waals surface area contributed by atoms with E-state index in [2.05, 4.69) is 18.0 Å². The number of pyridine rings is 1. The lowest BCUT2D eigenvalue weighted by Crippen LogP contribution is -1.97. The molecule has 0 atom stereocenters. The van der Waals surface area contributed by atoms with Crippen molar-refractivity contribution in [3.63, 3.8) is 0 Å². The highest BCUT2D eigenvalue weighted by molar-refractivity contribution is 5.47. The second kappa shape index (κ2) is 5.11. The van der Waals surface area contributed by atoms with Crippen LogP contribution in [0.2, 0.25) is 0 Å². The average molecular weight is 252 g/mol. The number of aryl methyl sites for hydroxylation is 4. The van der Waals surface area contributed by atoms with Gasteiger partial charge in [-0.25, -0.2) is 4.98 Å². The molecule has 0 bridgehead atoms. The van der Waals surface area contributed by atoms with Crippen molar-refractivity contribution in [1.29, 1.82) is 5.26 Å². The Balaban J connectivity index is 2.43. The molecule has 3 nitrogen and oxygen atoms in total. The molecule has 96 valence electrons. The van der Waals surface area contributed by atoms with Gasteiger partial charge in [0.1, 0.15) is 17.4 Å². The van der Waals surface area contributed by atoms with Gasteiger partial charge in [-0.3, -0.25) is 0 Å². The minimum Gasteiger partial charge on any atom is -0.438 e. The lowest BCUT2D eigenvalue weighted by atomic mass is 10.1. The summed E-state index contributed by atoms with van der Waals surface area (Å²) in [5.41, 5.74) is 4.58. The number of hydrogen-bond donors (Lipinski definition) is 0. The maximum Gasteiger partial charge on any atom is 0.237 e. The zero-order valence-corrected chi connectivity index (χ0v) is 11.6. The zero-order chi connectivity index (χ0) is 14.0. The van der Waals surface area contributed by atoms with Gasteiger partial charge in [-0.15, -0.1) is 0 Å². The fourth-order valence-corrected chi connectivity index (χ4v) is 1.90. The van der Waals surface area contributed by atoms with E-state index in [-0.39, 0.29) is 0 Å². The second-order valence-corrected chi connectivity index (χ2v) is 4.72. The van der Waals surface area contributed by atoms with Crippen molar-refractivity contribution >= 4 is 0 Å². The Morgan fingerprint density at radius 2 is 1.74 bits per heavy atom. The molecule has 0 saturated carbocycles. The van der Waals surface area contributed by atoms with E-state index in [9.17, 15) is 5.26 Å². The highest BCUT2D eigenvalue weighted by atomic mass is 16.5. The van der Waals surface area contributed by atoms with Crippen molar-refractivity contribution in [3.8, 4) is 17.7 Å². The first-order chi connectivity index (χ1) is 9.01. The molecular formula is C16H16N2O. The normalized spacial score (nSPS) is 10.1. The molecule has 19 heavy (non-hydrogen) atoms. The topological polar surface area (TPSA) is 45.9 Å². The SMILES string of the molecule is Cc1cc(C)c(C#N)c(Oc2ccc(C)c(C)c2)n1. The van der Waals surface area contributed by atoms with Crippen LogP contribution in [0, 0.1) is 39.0 Å². The summed E-state index contributed by atoms with van der Waals surface area (Å²) in [6.45, 7) is 7.86. The Morgan fingerprint density at radius 3 is 2.37 bits per heavy atom. The van der Waals surface area contributed by atoms with Crippen LogP contribution in [-0.4, -0.2) is 4.98 Å². The molecule has 1 aromatic carbocycles. The maximum atomic E-state index is 9.20. The molecule has 0 fully saturated rings. The first-order valence-electron chi connectivity index (χ1n) is 6.14. The molecule has 0 aliphatic rings. The molecule has 0 spiro atoms. The Bertz CT molecular complexity index is 669. The lowest BCUT2D eigenvalue weighted by Gasteiger charge is -2.10. The lowest BCUT2D eigenvalue weighted by molar-refractivity contribution is 0.459. The summed E-state index contributed by atoms with van der Waals surface area (Å²) in [7, 11) is 0. The van der Waals surface area contributed by atoms with E-state index in [0.717, 1.165) is 16.8 Å². The summed E-state index contributed by atoms with van der Waals surface area (Å²) in [5.74, 6) is 1.08. The minimum absolute atomic E-state index is 0.378. The van der Waals surface area contributed by atoms with Gasteiger partial charge in [0.15, 0.2) is 0 Å². The fraction of sp³-hybridized carbons (Fsp3) is 0.250. The number of rotatable bonds is 2. The van der Waals surface area contributed by atoms with E-state index in [1.54, 1.807) is 0 Å². The van der Waals surface area contributed by atoms with E-state index in [0.29, 0.717) is 17.2 Å². The Kier molecular flexibility index (Phi) is 3.52. The summed E-state index contributed by atoms with van der Waals surface area (Å²) in [4.78, 5) is 4.31. The molecule has 0 unspecified atom stereocenters. The zero-order valence-electron chi connectivity index (χ0n) is 11.6. The van der Waals surface area contributed by atoms with Crippen molar-refractivity contribution in [1.82, 2.24) is 4.98 Å². The first-order valence-corrected chi connectivity index (χ1v) is 6.14. The van der Waals surface area contributed by atoms with E-state index in [4.69, 9.17) is 4.74 Å². The van der Waals surface area contributed by atoms with Gasteiger partial charge in [0.25, 0.3) is 0 Å². The van der Waals surface area contributed by atoms with E-state index >= 15 is 0 Å². The van der Waals surface area contributed by atoms with Crippen molar-refractivity contribution in [2.24, 2.45) is 0 Å². The third kappa shape index (κ3) is 2.74. The predicted molar refractivity (Wildman–Crippen MR) is 74.4 cm³/mol. The smallest absolute Gasteiger partial charge is 0.237 e. The molecule has 1 aromatic heterocycles. The molecule has 0 aliphatic heterocycles. The Hall–Kier alpha value is -2.34. The van der Waals surface area contributed by atoms with Gasteiger partial charge in [0.05, 0.1) is 0 Å². The summed E-state index contributed by atoms with van der Waals surface area (Å²) < 4.78 is 5.76. The maximum absolute atomic E-state index is 9.20. The molecule has 0 saturated heterocycles. The number of ether oxygens (including phenoxy) is 1. The van der Waals surface area contributed by atoms with Crippen LogP contribution in [0.25, 0.3) is 0 Å². The van der Waals surface area contributed by atoms with Crippen LogP contribution >= 0.6 is 0 Å². The largest absolute Gasteiger partial charge is 0.438 e. The van der Waals surface area contributed by atoms with Crippen LogP contribution in [-0.2, 0) is 0 Å². The number of aromatic nitrogens is 1. The standard InChI is InChI=1S/C16H16N2O/c1-10-5-6-14(8-11(10)2)19-16-15(9-17)12(3)7-13(4)18-16/h5-8H,1-4H3. The number of benzene rings is 1. The molecule has 2 rings (SSSR count). The van der Waals surface area contributed by atoms with Crippen molar-refractivity contribution in [2.45, 2.75) is 27.7 Å². The third-order valence-corrected chi connectivity index (χ3v) is 3.12.